The third-order valence-electron chi connectivity index (χ3n) is 3.54. The van der Waals surface area contributed by atoms with Gasteiger partial charge in [-0.1, -0.05) is 0 Å². The van der Waals surface area contributed by atoms with Crippen molar-refractivity contribution in [2.45, 2.75) is 25.2 Å². The number of nitro benzene ring substituents is 1. The second-order valence-electron chi connectivity index (χ2n) is 5.29. The number of carbonyl (C=O) groups is 1. The van der Waals surface area contributed by atoms with Crippen LogP contribution in [0.1, 0.15) is 23.2 Å². The summed E-state index contributed by atoms with van der Waals surface area (Å²) in [6.45, 7) is -0.637. The van der Waals surface area contributed by atoms with Gasteiger partial charge >= 0.3 is 18.0 Å². The molecule has 0 N–H and O–H groups in total. The van der Waals surface area contributed by atoms with Crippen LogP contribution in [-0.2, 0) is 0 Å². The number of benzene rings is 1. The average molecular weight is 350 g/mol. The number of likely N-dealkylation sites (tertiary alicyclic amines) is 1. The van der Waals surface area contributed by atoms with Gasteiger partial charge in [0.1, 0.15) is 0 Å². The third-order valence-corrected chi connectivity index (χ3v) is 3.54. The molecule has 0 radical (unpaired) electrons. The molecule has 24 heavy (non-hydrogen) atoms. The molecule has 1 aliphatic rings. The summed E-state index contributed by atoms with van der Waals surface area (Å²) in [6, 6.07) is 3.04. The van der Waals surface area contributed by atoms with Crippen LogP contribution in [0.25, 0.3) is 0 Å². The van der Waals surface area contributed by atoms with Gasteiger partial charge in [-0.15, -0.1) is 0 Å². The van der Waals surface area contributed by atoms with Crippen LogP contribution >= 0.6 is 0 Å². The maximum absolute atomic E-state index is 12.9. The number of hydrogen-bond acceptors (Lipinski definition) is 4. The molecule has 0 spiro atoms. The maximum atomic E-state index is 12.9. The summed E-state index contributed by atoms with van der Waals surface area (Å²) in [7, 11) is 0. The highest BCUT2D eigenvalue weighted by Gasteiger charge is 2.42. The highest BCUT2D eigenvalue weighted by Crippen LogP contribution is 2.31. The van der Waals surface area contributed by atoms with Gasteiger partial charge in [-0.2, -0.15) is 8.78 Å². The van der Waals surface area contributed by atoms with E-state index in [1.54, 1.807) is 0 Å². The lowest BCUT2D eigenvalue weighted by atomic mass is 10.1. The molecule has 0 aromatic heterocycles. The Labute approximate surface area is 134 Å². The number of amides is 1. The Balaban J connectivity index is 2.20. The molecule has 0 bridgehead atoms. The standard InChI is InChI=1S/C14H14F4N2O4/c15-13(16)14(17,18)8-24-11-4-3-9(7-10(11)20(22)23)12(21)19-5-1-2-6-19/h3-4,7,13H,1-2,5-6,8H2. The highest BCUT2D eigenvalue weighted by atomic mass is 19.3. The van der Waals surface area contributed by atoms with Gasteiger partial charge in [-0.25, -0.2) is 8.78 Å². The third kappa shape index (κ3) is 3.92. The van der Waals surface area contributed by atoms with Gasteiger partial charge in [-0.3, -0.25) is 14.9 Å². The van der Waals surface area contributed by atoms with E-state index in [4.69, 9.17) is 0 Å². The lowest BCUT2D eigenvalue weighted by Crippen LogP contribution is -2.33. The average Bonchev–Trinajstić information content (AvgIpc) is 3.06. The zero-order chi connectivity index (χ0) is 17.9. The molecule has 132 valence electrons. The number of halogens is 4. The molecule has 1 fully saturated rings. The number of nitro groups is 1. The fourth-order valence-corrected chi connectivity index (χ4v) is 2.25. The molecule has 1 aromatic rings. The summed E-state index contributed by atoms with van der Waals surface area (Å²) < 4.78 is 54.4. The zero-order valence-corrected chi connectivity index (χ0v) is 12.4. The van der Waals surface area contributed by atoms with Gasteiger partial charge in [0.2, 0.25) is 0 Å². The molecular formula is C14H14F4N2O4. The lowest BCUT2D eigenvalue weighted by molar-refractivity contribution is -0.386. The number of nitrogens with zero attached hydrogens (tertiary/aromatic N) is 2. The summed E-state index contributed by atoms with van der Waals surface area (Å²) in [5.41, 5.74) is -0.721. The zero-order valence-electron chi connectivity index (χ0n) is 12.4. The van der Waals surface area contributed by atoms with Crippen LogP contribution in [-0.4, -0.2) is 47.8 Å². The van der Waals surface area contributed by atoms with Gasteiger partial charge in [0.15, 0.2) is 12.4 Å². The van der Waals surface area contributed by atoms with Crippen molar-refractivity contribution in [2.24, 2.45) is 0 Å². The van der Waals surface area contributed by atoms with Gasteiger partial charge < -0.3 is 9.64 Å². The molecule has 0 aliphatic carbocycles. The van der Waals surface area contributed by atoms with E-state index in [1.807, 2.05) is 0 Å². The molecular weight excluding hydrogens is 336 g/mol. The Hall–Kier alpha value is -2.39. The molecule has 1 heterocycles. The summed E-state index contributed by atoms with van der Waals surface area (Å²) >= 11 is 0. The van der Waals surface area contributed by atoms with Crippen molar-refractivity contribution < 1.29 is 32.0 Å². The Bertz CT molecular complexity index is 633. The molecule has 0 atom stereocenters. The molecule has 0 saturated carbocycles. The van der Waals surface area contributed by atoms with Crippen molar-refractivity contribution in [3.63, 3.8) is 0 Å². The van der Waals surface area contributed by atoms with E-state index in [0.717, 1.165) is 25.0 Å². The minimum absolute atomic E-state index is 0.0107. The van der Waals surface area contributed by atoms with Gasteiger partial charge in [0.25, 0.3) is 5.91 Å². The predicted molar refractivity (Wildman–Crippen MR) is 74.7 cm³/mol. The molecule has 1 saturated heterocycles. The van der Waals surface area contributed by atoms with E-state index in [1.165, 1.54) is 11.0 Å². The van der Waals surface area contributed by atoms with Crippen LogP contribution in [0.5, 0.6) is 5.75 Å². The monoisotopic (exact) mass is 350 g/mol. The first-order chi connectivity index (χ1) is 11.2. The maximum Gasteiger partial charge on any atom is 0.340 e. The first-order valence-electron chi connectivity index (χ1n) is 7.09. The molecule has 6 nitrogen and oxygen atoms in total. The Morgan fingerprint density at radius 1 is 1.33 bits per heavy atom. The molecule has 10 heteroatoms. The number of rotatable bonds is 6. The fourth-order valence-electron chi connectivity index (χ4n) is 2.25. The number of alkyl halides is 4. The smallest absolute Gasteiger partial charge is 0.340 e. The highest BCUT2D eigenvalue weighted by molar-refractivity contribution is 5.95. The summed E-state index contributed by atoms with van der Waals surface area (Å²) in [5, 5.41) is 11.0. The van der Waals surface area contributed by atoms with Gasteiger partial charge in [-0.05, 0) is 25.0 Å². The van der Waals surface area contributed by atoms with Gasteiger partial charge in [0.05, 0.1) is 4.92 Å². The van der Waals surface area contributed by atoms with Crippen LogP contribution in [0.2, 0.25) is 0 Å². The summed E-state index contributed by atoms with van der Waals surface area (Å²) in [5.74, 6) is -5.45. The van der Waals surface area contributed by atoms with E-state index < -0.39 is 41.2 Å². The van der Waals surface area contributed by atoms with Crippen molar-refractivity contribution in [1.82, 2.24) is 4.90 Å². The molecule has 2 rings (SSSR count). The molecule has 1 aromatic carbocycles. The minimum atomic E-state index is -4.43. The quantitative estimate of drug-likeness (QED) is 0.449. The summed E-state index contributed by atoms with van der Waals surface area (Å²) in [6.07, 6.45) is -2.29. The van der Waals surface area contributed by atoms with Crippen LogP contribution in [0.15, 0.2) is 18.2 Å². The first-order valence-corrected chi connectivity index (χ1v) is 7.09. The van der Waals surface area contributed by atoms with E-state index >= 15 is 0 Å². The van der Waals surface area contributed by atoms with E-state index in [0.29, 0.717) is 13.1 Å². The van der Waals surface area contributed by atoms with Crippen molar-refractivity contribution in [3.05, 3.63) is 33.9 Å². The number of ether oxygens (including phenoxy) is 1. The van der Waals surface area contributed by atoms with Crippen LogP contribution in [0.4, 0.5) is 23.2 Å². The Kier molecular flexibility index (Phi) is 5.25. The molecule has 1 amide bonds. The van der Waals surface area contributed by atoms with Crippen molar-refractivity contribution in [3.8, 4) is 5.75 Å². The number of carbonyl (C=O) groups excluding carboxylic acids is 1. The van der Waals surface area contributed by atoms with Crippen molar-refractivity contribution in [2.75, 3.05) is 19.7 Å². The Morgan fingerprint density at radius 3 is 2.50 bits per heavy atom. The SMILES string of the molecule is O=C(c1ccc(OCC(F)(F)C(F)F)c([N+](=O)[O-])c1)N1CCCC1. The summed E-state index contributed by atoms with van der Waals surface area (Å²) in [4.78, 5) is 23.8. The first kappa shape index (κ1) is 18.0. The largest absolute Gasteiger partial charge is 0.480 e. The van der Waals surface area contributed by atoms with Crippen molar-refractivity contribution >= 4 is 11.6 Å². The fraction of sp³-hybridized carbons (Fsp3) is 0.500. The topological polar surface area (TPSA) is 72.7 Å². The van der Waals surface area contributed by atoms with E-state index in [2.05, 4.69) is 4.74 Å². The van der Waals surface area contributed by atoms with Crippen molar-refractivity contribution in [1.29, 1.82) is 0 Å². The van der Waals surface area contributed by atoms with Gasteiger partial charge in [0, 0.05) is 24.7 Å². The van der Waals surface area contributed by atoms with Crippen LogP contribution < -0.4 is 4.74 Å². The second-order valence-corrected chi connectivity index (χ2v) is 5.29. The molecule has 0 unspecified atom stereocenters. The Morgan fingerprint density at radius 2 is 1.96 bits per heavy atom. The molecule has 1 aliphatic heterocycles. The lowest BCUT2D eigenvalue weighted by Gasteiger charge is -2.17. The number of hydrogen-bond donors (Lipinski definition) is 0. The second kappa shape index (κ2) is 7.02. The van der Waals surface area contributed by atoms with Crippen LogP contribution in [0, 0.1) is 10.1 Å². The van der Waals surface area contributed by atoms with E-state index in [-0.39, 0.29) is 5.56 Å². The normalized spacial score (nSPS) is 15.0. The predicted octanol–water partition coefficient (Wildman–Crippen LogP) is 3.11. The van der Waals surface area contributed by atoms with E-state index in [9.17, 15) is 32.5 Å². The minimum Gasteiger partial charge on any atom is -0.480 e. The van der Waals surface area contributed by atoms with Crippen LogP contribution in [0.3, 0.4) is 0 Å².